The van der Waals surface area contributed by atoms with Gasteiger partial charge in [0.05, 0.1) is 6.54 Å². The molecule has 0 spiro atoms. The summed E-state index contributed by atoms with van der Waals surface area (Å²) in [7, 11) is 0. The number of fused-ring (bicyclic) bond motifs is 1. The molecule has 2 rings (SSSR count). The average Bonchev–Trinajstić information content (AvgIpc) is 2.48. The first kappa shape index (κ1) is 11.9. The minimum absolute atomic E-state index is 0.347. The normalized spacial score (nSPS) is 19.6. The van der Waals surface area contributed by atoms with Crippen LogP contribution in [0, 0.1) is 12.3 Å². The Hall–Kier alpha value is -0.620. The predicted octanol–water partition coefficient (Wildman–Crippen LogP) is 3.49. The molecule has 1 aromatic rings. The van der Waals surface area contributed by atoms with Crippen LogP contribution in [0.2, 0.25) is 5.02 Å². The summed E-state index contributed by atoms with van der Waals surface area (Å²) < 4.78 is 0. The fourth-order valence-electron chi connectivity index (χ4n) is 1.94. The fraction of sp³-hybridized carbons (Fsp3) is 0.385. The molecule has 1 unspecified atom stereocenters. The van der Waals surface area contributed by atoms with E-state index in [-0.39, 0.29) is 0 Å². The standard InChI is InChI=1S/C13H14ClNS/c1-2-7-15-12-4-3-8-16-13-6-5-10(14)9-11(12)13/h1,5-6,9,12,15H,3-4,7-8H2. The van der Waals surface area contributed by atoms with E-state index in [2.05, 4.69) is 23.4 Å². The summed E-state index contributed by atoms with van der Waals surface area (Å²) in [6, 6.07) is 6.47. The molecule has 0 radical (unpaired) electrons. The van der Waals surface area contributed by atoms with E-state index in [1.807, 2.05) is 17.8 Å². The third kappa shape index (κ3) is 2.74. The predicted molar refractivity (Wildman–Crippen MR) is 71.0 cm³/mol. The highest BCUT2D eigenvalue weighted by molar-refractivity contribution is 7.99. The van der Waals surface area contributed by atoms with Crippen molar-refractivity contribution in [2.24, 2.45) is 0 Å². The van der Waals surface area contributed by atoms with E-state index in [1.54, 1.807) is 0 Å². The van der Waals surface area contributed by atoms with Gasteiger partial charge in [-0.1, -0.05) is 17.5 Å². The Bertz CT molecular complexity index is 411. The molecule has 0 bridgehead atoms. The summed E-state index contributed by atoms with van der Waals surface area (Å²) in [6.07, 6.45) is 7.63. The second-order valence-corrected chi connectivity index (χ2v) is 5.38. The summed E-state index contributed by atoms with van der Waals surface area (Å²) in [6.45, 7) is 0.612. The Balaban J connectivity index is 2.28. The first-order chi connectivity index (χ1) is 7.81. The highest BCUT2D eigenvalue weighted by atomic mass is 35.5. The maximum Gasteiger partial charge on any atom is 0.0578 e. The number of thioether (sulfide) groups is 1. The van der Waals surface area contributed by atoms with Gasteiger partial charge in [0, 0.05) is 16.0 Å². The minimum atomic E-state index is 0.347. The molecule has 3 heteroatoms. The zero-order valence-electron chi connectivity index (χ0n) is 9.00. The van der Waals surface area contributed by atoms with Crippen LogP contribution in [0.5, 0.6) is 0 Å². The summed E-state index contributed by atoms with van der Waals surface area (Å²) >= 11 is 7.96. The van der Waals surface area contributed by atoms with E-state index in [0.29, 0.717) is 12.6 Å². The zero-order chi connectivity index (χ0) is 11.4. The lowest BCUT2D eigenvalue weighted by atomic mass is 10.0. The van der Waals surface area contributed by atoms with Crippen LogP contribution in [0.15, 0.2) is 23.1 Å². The van der Waals surface area contributed by atoms with Gasteiger partial charge in [-0.2, -0.15) is 0 Å². The maximum atomic E-state index is 6.05. The molecular weight excluding hydrogens is 238 g/mol. The second kappa shape index (κ2) is 5.63. The van der Waals surface area contributed by atoms with E-state index in [9.17, 15) is 0 Å². The van der Waals surface area contributed by atoms with Gasteiger partial charge in [-0.25, -0.2) is 0 Å². The second-order valence-electron chi connectivity index (χ2n) is 3.81. The van der Waals surface area contributed by atoms with Crippen molar-refractivity contribution in [3.63, 3.8) is 0 Å². The minimum Gasteiger partial charge on any atom is -0.299 e. The number of hydrogen-bond donors (Lipinski definition) is 1. The summed E-state index contributed by atoms with van der Waals surface area (Å²) in [5.41, 5.74) is 1.30. The summed E-state index contributed by atoms with van der Waals surface area (Å²) in [5.74, 6) is 3.80. The third-order valence-electron chi connectivity index (χ3n) is 2.69. The fourth-order valence-corrected chi connectivity index (χ4v) is 3.19. The topological polar surface area (TPSA) is 12.0 Å². The molecular formula is C13H14ClNS. The Morgan fingerprint density at radius 1 is 1.56 bits per heavy atom. The van der Waals surface area contributed by atoms with Crippen molar-refractivity contribution in [2.75, 3.05) is 12.3 Å². The van der Waals surface area contributed by atoms with Crippen LogP contribution in [0.1, 0.15) is 24.4 Å². The Morgan fingerprint density at radius 3 is 3.25 bits per heavy atom. The molecule has 1 nitrogen and oxygen atoms in total. The molecule has 0 saturated carbocycles. The van der Waals surface area contributed by atoms with Crippen LogP contribution in [-0.2, 0) is 0 Å². The van der Waals surface area contributed by atoms with E-state index in [4.69, 9.17) is 18.0 Å². The SMILES string of the molecule is C#CCNC1CCCSc2ccc(Cl)cc21. The molecule has 16 heavy (non-hydrogen) atoms. The van der Waals surface area contributed by atoms with Crippen LogP contribution in [0.25, 0.3) is 0 Å². The van der Waals surface area contributed by atoms with Crippen molar-refractivity contribution in [1.82, 2.24) is 5.32 Å². The maximum absolute atomic E-state index is 6.05. The Morgan fingerprint density at radius 2 is 2.44 bits per heavy atom. The van der Waals surface area contributed by atoms with E-state index in [0.717, 1.165) is 11.4 Å². The van der Waals surface area contributed by atoms with Crippen molar-refractivity contribution >= 4 is 23.4 Å². The van der Waals surface area contributed by atoms with E-state index >= 15 is 0 Å². The van der Waals surface area contributed by atoms with Crippen LogP contribution in [0.3, 0.4) is 0 Å². The van der Waals surface area contributed by atoms with Crippen molar-refractivity contribution in [1.29, 1.82) is 0 Å². The molecule has 1 N–H and O–H groups in total. The zero-order valence-corrected chi connectivity index (χ0v) is 10.6. The first-order valence-electron chi connectivity index (χ1n) is 5.40. The summed E-state index contributed by atoms with van der Waals surface area (Å²) in [4.78, 5) is 1.33. The van der Waals surface area contributed by atoms with Gasteiger partial charge < -0.3 is 0 Å². The van der Waals surface area contributed by atoms with E-state index < -0.39 is 0 Å². The lowest BCUT2D eigenvalue weighted by molar-refractivity contribution is 0.523. The molecule has 1 heterocycles. The lowest BCUT2D eigenvalue weighted by Gasteiger charge is -2.17. The van der Waals surface area contributed by atoms with Crippen LogP contribution < -0.4 is 5.32 Å². The van der Waals surface area contributed by atoms with Gasteiger partial charge in [-0.15, -0.1) is 18.2 Å². The van der Waals surface area contributed by atoms with Crippen molar-refractivity contribution in [3.05, 3.63) is 28.8 Å². The quantitative estimate of drug-likeness (QED) is 0.808. The Kier molecular flexibility index (Phi) is 4.17. The van der Waals surface area contributed by atoms with Crippen molar-refractivity contribution in [3.8, 4) is 12.3 Å². The van der Waals surface area contributed by atoms with Gasteiger partial charge in [-0.3, -0.25) is 5.32 Å². The number of terminal acetylenes is 1. The molecule has 0 aliphatic carbocycles. The lowest BCUT2D eigenvalue weighted by Crippen LogP contribution is -2.21. The molecule has 0 aromatic heterocycles. The number of nitrogens with one attached hydrogen (secondary N) is 1. The van der Waals surface area contributed by atoms with Gasteiger partial charge in [0.15, 0.2) is 0 Å². The summed E-state index contributed by atoms with van der Waals surface area (Å²) in [5, 5.41) is 4.19. The first-order valence-corrected chi connectivity index (χ1v) is 6.76. The molecule has 0 saturated heterocycles. The Labute approximate surface area is 106 Å². The van der Waals surface area contributed by atoms with Crippen LogP contribution in [-0.4, -0.2) is 12.3 Å². The largest absolute Gasteiger partial charge is 0.299 e. The molecule has 0 amide bonds. The number of hydrogen-bond acceptors (Lipinski definition) is 2. The number of halogens is 1. The highest BCUT2D eigenvalue weighted by Crippen LogP contribution is 2.36. The smallest absolute Gasteiger partial charge is 0.0578 e. The van der Waals surface area contributed by atoms with Crippen molar-refractivity contribution < 1.29 is 0 Å². The molecule has 1 atom stereocenters. The molecule has 1 aliphatic rings. The third-order valence-corrected chi connectivity index (χ3v) is 4.10. The number of benzene rings is 1. The van der Waals surface area contributed by atoms with Gasteiger partial charge in [0.25, 0.3) is 0 Å². The number of rotatable bonds is 2. The van der Waals surface area contributed by atoms with Gasteiger partial charge in [0.1, 0.15) is 0 Å². The van der Waals surface area contributed by atoms with Crippen LogP contribution in [0.4, 0.5) is 0 Å². The highest BCUT2D eigenvalue weighted by Gasteiger charge is 2.18. The molecule has 0 fully saturated rings. The molecule has 1 aliphatic heterocycles. The monoisotopic (exact) mass is 251 g/mol. The van der Waals surface area contributed by atoms with Gasteiger partial charge in [0.2, 0.25) is 0 Å². The molecule has 84 valence electrons. The average molecular weight is 252 g/mol. The van der Waals surface area contributed by atoms with Gasteiger partial charge >= 0.3 is 0 Å². The van der Waals surface area contributed by atoms with Crippen molar-refractivity contribution in [2.45, 2.75) is 23.8 Å². The van der Waals surface area contributed by atoms with E-state index in [1.165, 1.54) is 22.6 Å². The van der Waals surface area contributed by atoms with Crippen LogP contribution >= 0.6 is 23.4 Å². The molecule has 1 aromatic carbocycles. The van der Waals surface area contributed by atoms with Gasteiger partial charge in [-0.05, 0) is 42.4 Å².